The van der Waals surface area contributed by atoms with Crippen LogP contribution in [-0.2, 0) is 0 Å². The van der Waals surface area contributed by atoms with Crippen LogP contribution in [0.25, 0.3) is 5.52 Å². The van der Waals surface area contributed by atoms with Crippen LogP contribution in [-0.4, -0.2) is 27.2 Å². The first kappa shape index (κ1) is 18.6. The average molecular weight is 364 g/mol. The fourth-order valence-corrected chi connectivity index (χ4v) is 2.85. The topological polar surface area (TPSA) is 75.5 Å². The number of nitrogens with zero attached hydrogens (tertiary/aromatic N) is 2. The van der Waals surface area contributed by atoms with Gasteiger partial charge in [-0.15, -0.1) is 0 Å². The van der Waals surface area contributed by atoms with E-state index in [0.29, 0.717) is 5.52 Å². The van der Waals surface area contributed by atoms with Gasteiger partial charge in [0.2, 0.25) is 5.82 Å². The number of carbonyl (C=O) groups excluding carboxylic acids is 2. The molecule has 0 saturated heterocycles. The molecule has 1 aromatic carbocycles. The van der Waals surface area contributed by atoms with Gasteiger partial charge in [0, 0.05) is 12.2 Å². The SMILES string of the molecule is CCC(C)NC(=O)c1nc(C(=O)NC(C)c2ccccc2)n2ccccc12. The van der Waals surface area contributed by atoms with E-state index in [-0.39, 0.29) is 35.4 Å². The van der Waals surface area contributed by atoms with Gasteiger partial charge < -0.3 is 10.6 Å². The maximum Gasteiger partial charge on any atom is 0.288 e. The number of nitrogens with one attached hydrogen (secondary N) is 2. The number of benzene rings is 1. The third-order valence-electron chi connectivity index (χ3n) is 4.60. The molecule has 2 aromatic heterocycles. The van der Waals surface area contributed by atoms with Crippen molar-refractivity contribution in [2.45, 2.75) is 39.3 Å². The molecule has 0 spiro atoms. The molecule has 2 amide bonds. The summed E-state index contributed by atoms with van der Waals surface area (Å²) in [4.78, 5) is 29.8. The molecule has 6 heteroatoms. The number of imidazole rings is 1. The van der Waals surface area contributed by atoms with Crippen molar-refractivity contribution < 1.29 is 9.59 Å². The Balaban J connectivity index is 1.90. The minimum absolute atomic E-state index is 0.0355. The lowest BCUT2D eigenvalue weighted by Gasteiger charge is -2.13. The van der Waals surface area contributed by atoms with E-state index in [1.165, 1.54) is 0 Å². The van der Waals surface area contributed by atoms with Crippen LogP contribution in [0.3, 0.4) is 0 Å². The second-order valence-electron chi connectivity index (χ2n) is 6.63. The van der Waals surface area contributed by atoms with Crippen LogP contribution in [0, 0.1) is 0 Å². The molecule has 0 saturated carbocycles. The smallest absolute Gasteiger partial charge is 0.288 e. The van der Waals surface area contributed by atoms with Crippen molar-refractivity contribution in [2.24, 2.45) is 0 Å². The standard InChI is InChI=1S/C21H24N4O2/c1-4-14(2)22-20(26)18-17-12-8-9-13-25(17)19(24-18)21(27)23-15(3)16-10-6-5-7-11-16/h5-15H,4H2,1-3H3,(H,22,26)(H,23,27). The molecule has 3 rings (SSSR count). The molecule has 2 heterocycles. The zero-order valence-electron chi connectivity index (χ0n) is 15.8. The third kappa shape index (κ3) is 4.00. The monoisotopic (exact) mass is 364 g/mol. The predicted molar refractivity (Wildman–Crippen MR) is 105 cm³/mol. The molecule has 6 nitrogen and oxygen atoms in total. The quantitative estimate of drug-likeness (QED) is 0.704. The fourth-order valence-electron chi connectivity index (χ4n) is 2.85. The number of aromatic nitrogens is 2. The van der Waals surface area contributed by atoms with Crippen LogP contribution in [0.15, 0.2) is 54.7 Å². The predicted octanol–water partition coefficient (Wildman–Crippen LogP) is 3.35. The molecule has 140 valence electrons. The summed E-state index contributed by atoms with van der Waals surface area (Å²) in [6.45, 7) is 5.85. The van der Waals surface area contributed by atoms with Crippen LogP contribution in [0.4, 0.5) is 0 Å². The van der Waals surface area contributed by atoms with Crippen LogP contribution in [0.1, 0.15) is 59.9 Å². The molecule has 0 aliphatic heterocycles. The normalized spacial score (nSPS) is 13.1. The molecular formula is C21H24N4O2. The largest absolute Gasteiger partial charge is 0.348 e. The van der Waals surface area contributed by atoms with E-state index in [1.807, 2.05) is 63.2 Å². The summed E-state index contributed by atoms with van der Waals surface area (Å²) in [7, 11) is 0. The highest BCUT2D eigenvalue weighted by atomic mass is 16.2. The van der Waals surface area contributed by atoms with Gasteiger partial charge in [0.1, 0.15) is 0 Å². The first-order chi connectivity index (χ1) is 13.0. The summed E-state index contributed by atoms with van der Waals surface area (Å²) in [5.41, 5.74) is 1.87. The highest BCUT2D eigenvalue weighted by Crippen LogP contribution is 2.16. The van der Waals surface area contributed by atoms with E-state index in [0.717, 1.165) is 12.0 Å². The molecule has 0 radical (unpaired) electrons. The van der Waals surface area contributed by atoms with Gasteiger partial charge in [0.25, 0.3) is 11.8 Å². The molecular weight excluding hydrogens is 340 g/mol. The van der Waals surface area contributed by atoms with Gasteiger partial charge in [-0.2, -0.15) is 0 Å². The molecule has 2 unspecified atom stereocenters. The summed E-state index contributed by atoms with van der Waals surface area (Å²) in [6, 6.07) is 15.0. The van der Waals surface area contributed by atoms with Crippen molar-refractivity contribution in [1.29, 1.82) is 0 Å². The minimum Gasteiger partial charge on any atom is -0.348 e. The number of rotatable bonds is 6. The summed E-state index contributed by atoms with van der Waals surface area (Å²) < 4.78 is 1.65. The molecule has 2 N–H and O–H groups in total. The molecule has 27 heavy (non-hydrogen) atoms. The van der Waals surface area contributed by atoms with Crippen molar-refractivity contribution in [2.75, 3.05) is 0 Å². The van der Waals surface area contributed by atoms with Crippen molar-refractivity contribution >= 4 is 17.3 Å². The number of fused-ring (bicyclic) bond motifs is 1. The number of hydrogen-bond acceptors (Lipinski definition) is 3. The highest BCUT2D eigenvalue weighted by Gasteiger charge is 2.23. The van der Waals surface area contributed by atoms with Crippen LogP contribution in [0.5, 0.6) is 0 Å². The van der Waals surface area contributed by atoms with Gasteiger partial charge >= 0.3 is 0 Å². The lowest BCUT2D eigenvalue weighted by atomic mass is 10.1. The summed E-state index contributed by atoms with van der Waals surface area (Å²) in [6.07, 6.45) is 2.56. The van der Waals surface area contributed by atoms with Gasteiger partial charge in [-0.05, 0) is 38.0 Å². The molecule has 2 atom stereocenters. The van der Waals surface area contributed by atoms with E-state index in [4.69, 9.17) is 0 Å². The minimum atomic E-state index is -0.324. The van der Waals surface area contributed by atoms with Gasteiger partial charge in [0.15, 0.2) is 5.69 Å². The summed E-state index contributed by atoms with van der Waals surface area (Å²) in [5.74, 6) is -0.402. The Labute approximate surface area is 158 Å². The van der Waals surface area contributed by atoms with Crippen molar-refractivity contribution in [1.82, 2.24) is 20.0 Å². The Bertz CT molecular complexity index is 949. The number of carbonyl (C=O) groups is 2. The van der Waals surface area contributed by atoms with Crippen LogP contribution < -0.4 is 10.6 Å². The Hall–Kier alpha value is -3.15. The molecule has 3 aromatic rings. The molecule has 0 fully saturated rings. The van der Waals surface area contributed by atoms with E-state index in [1.54, 1.807) is 16.7 Å². The van der Waals surface area contributed by atoms with E-state index in [2.05, 4.69) is 15.6 Å². The van der Waals surface area contributed by atoms with Crippen LogP contribution in [0.2, 0.25) is 0 Å². The van der Waals surface area contributed by atoms with E-state index < -0.39 is 0 Å². The maximum absolute atomic E-state index is 12.8. The Morgan fingerprint density at radius 1 is 1.00 bits per heavy atom. The second kappa shape index (κ2) is 8.03. The first-order valence-corrected chi connectivity index (χ1v) is 9.15. The maximum atomic E-state index is 12.8. The van der Waals surface area contributed by atoms with Crippen molar-refractivity contribution in [3.8, 4) is 0 Å². The first-order valence-electron chi connectivity index (χ1n) is 9.15. The number of pyridine rings is 1. The number of amides is 2. The zero-order valence-corrected chi connectivity index (χ0v) is 15.8. The van der Waals surface area contributed by atoms with Gasteiger partial charge in [-0.25, -0.2) is 4.98 Å². The van der Waals surface area contributed by atoms with Gasteiger partial charge in [-0.3, -0.25) is 14.0 Å². The highest BCUT2D eigenvalue weighted by molar-refractivity contribution is 6.02. The molecule has 0 aliphatic carbocycles. The Kier molecular flexibility index (Phi) is 5.54. The third-order valence-corrected chi connectivity index (χ3v) is 4.60. The molecule has 0 aliphatic rings. The van der Waals surface area contributed by atoms with Crippen molar-refractivity contribution in [3.05, 3.63) is 71.8 Å². The van der Waals surface area contributed by atoms with E-state index >= 15 is 0 Å². The second-order valence-corrected chi connectivity index (χ2v) is 6.63. The Morgan fingerprint density at radius 3 is 2.41 bits per heavy atom. The van der Waals surface area contributed by atoms with Crippen LogP contribution >= 0.6 is 0 Å². The fraction of sp³-hybridized carbons (Fsp3) is 0.286. The number of hydrogen-bond donors (Lipinski definition) is 2. The lowest BCUT2D eigenvalue weighted by molar-refractivity contribution is 0.0928. The van der Waals surface area contributed by atoms with Crippen molar-refractivity contribution in [3.63, 3.8) is 0 Å². The molecule has 0 bridgehead atoms. The lowest BCUT2D eigenvalue weighted by Crippen LogP contribution is -2.32. The Morgan fingerprint density at radius 2 is 1.70 bits per heavy atom. The zero-order chi connectivity index (χ0) is 19.4. The van der Waals surface area contributed by atoms with Gasteiger partial charge in [0.05, 0.1) is 11.6 Å². The van der Waals surface area contributed by atoms with E-state index in [9.17, 15) is 9.59 Å². The summed E-state index contributed by atoms with van der Waals surface area (Å²) in [5, 5.41) is 5.87. The average Bonchev–Trinajstić information content (AvgIpc) is 3.08. The summed E-state index contributed by atoms with van der Waals surface area (Å²) >= 11 is 0. The van der Waals surface area contributed by atoms with Gasteiger partial charge in [-0.1, -0.05) is 43.3 Å².